The molecule has 0 aromatic rings. The first-order valence-corrected chi connectivity index (χ1v) is 4.95. The number of nitrogens with one attached hydrogen (secondary N) is 1. The molecule has 1 fully saturated rings. The fourth-order valence-corrected chi connectivity index (χ4v) is 1.60. The lowest BCUT2D eigenvalue weighted by atomic mass is 10.1. The quantitative estimate of drug-likeness (QED) is 0.492. The van der Waals surface area contributed by atoms with Crippen molar-refractivity contribution in [3.05, 3.63) is 0 Å². The fraction of sp³-hybridized carbons (Fsp3) is 0.556. The van der Waals surface area contributed by atoms with Crippen LogP contribution >= 0.6 is 0 Å². The first-order chi connectivity index (χ1) is 7.90. The van der Waals surface area contributed by atoms with Crippen molar-refractivity contribution in [2.24, 2.45) is 11.7 Å². The van der Waals surface area contributed by atoms with Crippen molar-refractivity contribution in [2.75, 3.05) is 19.6 Å². The Bertz CT molecular complexity index is 352. The van der Waals surface area contributed by atoms with E-state index in [9.17, 15) is 19.2 Å². The standard InChI is InChI=1S/C9H13N3O5/c10-6(13)3-12(4-8(15)16)9(17)5-1-7(14)11-2-5/h5H,1-4H2,(H2,10,13)(H,11,14)(H,15,16). The van der Waals surface area contributed by atoms with E-state index in [2.05, 4.69) is 5.32 Å². The van der Waals surface area contributed by atoms with Crippen molar-refractivity contribution < 1.29 is 24.3 Å². The number of aliphatic carboxylic acids is 1. The van der Waals surface area contributed by atoms with Gasteiger partial charge in [0.25, 0.3) is 0 Å². The molecule has 0 aliphatic carbocycles. The summed E-state index contributed by atoms with van der Waals surface area (Å²) in [4.78, 5) is 44.9. The summed E-state index contributed by atoms with van der Waals surface area (Å²) in [6, 6.07) is 0. The molecule has 0 saturated carbocycles. The van der Waals surface area contributed by atoms with Gasteiger partial charge in [0, 0.05) is 13.0 Å². The summed E-state index contributed by atoms with van der Waals surface area (Å²) in [6.45, 7) is -0.908. The van der Waals surface area contributed by atoms with Gasteiger partial charge >= 0.3 is 5.97 Å². The highest BCUT2D eigenvalue weighted by molar-refractivity contribution is 5.92. The van der Waals surface area contributed by atoms with Crippen LogP contribution in [0.5, 0.6) is 0 Å². The number of nitrogens with two attached hydrogens (primary N) is 1. The molecule has 1 aliphatic rings. The molecule has 8 nitrogen and oxygen atoms in total. The Hall–Kier alpha value is -2.12. The molecule has 1 aliphatic heterocycles. The van der Waals surface area contributed by atoms with E-state index in [1.807, 2.05) is 0 Å². The number of hydrogen-bond acceptors (Lipinski definition) is 4. The summed E-state index contributed by atoms with van der Waals surface area (Å²) >= 11 is 0. The van der Waals surface area contributed by atoms with Crippen LogP contribution in [0.25, 0.3) is 0 Å². The van der Waals surface area contributed by atoms with Gasteiger partial charge in [-0.15, -0.1) is 0 Å². The highest BCUT2D eigenvalue weighted by atomic mass is 16.4. The average molecular weight is 243 g/mol. The van der Waals surface area contributed by atoms with Gasteiger partial charge in [-0.25, -0.2) is 0 Å². The summed E-state index contributed by atoms with van der Waals surface area (Å²) in [7, 11) is 0. The minimum Gasteiger partial charge on any atom is -0.480 e. The van der Waals surface area contributed by atoms with Crippen molar-refractivity contribution in [2.45, 2.75) is 6.42 Å². The largest absolute Gasteiger partial charge is 0.480 e. The van der Waals surface area contributed by atoms with E-state index in [1.54, 1.807) is 0 Å². The van der Waals surface area contributed by atoms with Gasteiger partial charge in [-0.05, 0) is 0 Å². The Morgan fingerprint density at radius 2 is 2.06 bits per heavy atom. The Morgan fingerprint density at radius 3 is 2.47 bits per heavy atom. The maximum atomic E-state index is 11.8. The van der Waals surface area contributed by atoms with Crippen LogP contribution in [0.3, 0.4) is 0 Å². The minimum atomic E-state index is -1.24. The Labute approximate surface area is 96.7 Å². The number of amides is 3. The summed E-state index contributed by atoms with van der Waals surface area (Å²) in [5, 5.41) is 11.1. The lowest BCUT2D eigenvalue weighted by Gasteiger charge is -2.21. The Balaban J connectivity index is 2.67. The predicted octanol–water partition coefficient (Wildman–Crippen LogP) is -2.48. The molecule has 0 bridgehead atoms. The summed E-state index contributed by atoms with van der Waals surface area (Å²) in [5.41, 5.74) is 4.92. The maximum absolute atomic E-state index is 11.8. The van der Waals surface area contributed by atoms with Crippen LogP contribution in [0.15, 0.2) is 0 Å². The smallest absolute Gasteiger partial charge is 0.323 e. The van der Waals surface area contributed by atoms with Crippen molar-refractivity contribution in [3.63, 3.8) is 0 Å². The first kappa shape index (κ1) is 12.9. The third-order valence-corrected chi connectivity index (χ3v) is 2.31. The molecule has 1 heterocycles. The zero-order chi connectivity index (χ0) is 13.0. The Morgan fingerprint density at radius 1 is 1.41 bits per heavy atom. The van der Waals surface area contributed by atoms with Crippen LogP contribution in [0.2, 0.25) is 0 Å². The first-order valence-electron chi connectivity index (χ1n) is 4.95. The molecule has 3 amide bonds. The predicted molar refractivity (Wildman–Crippen MR) is 54.5 cm³/mol. The van der Waals surface area contributed by atoms with E-state index in [0.717, 1.165) is 4.90 Å². The van der Waals surface area contributed by atoms with Gasteiger partial charge in [0.15, 0.2) is 0 Å². The highest BCUT2D eigenvalue weighted by Gasteiger charge is 2.32. The summed E-state index contributed by atoms with van der Waals surface area (Å²) in [5.74, 6) is -3.47. The van der Waals surface area contributed by atoms with E-state index in [0.29, 0.717) is 0 Å². The zero-order valence-electron chi connectivity index (χ0n) is 9.01. The molecule has 0 radical (unpaired) electrons. The lowest BCUT2D eigenvalue weighted by molar-refractivity contribution is -0.147. The molecule has 8 heteroatoms. The molecule has 1 unspecified atom stereocenters. The number of carbonyl (C=O) groups is 4. The minimum absolute atomic E-state index is 0.00765. The second kappa shape index (κ2) is 5.28. The van der Waals surface area contributed by atoms with E-state index in [4.69, 9.17) is 10.8 Å². The van der Waals surface area contributed by atoms with Crippen LogP contribution in [-0.4, -0.2) is 53.3 Å². The fourth-order valence-electron chi connectivity index (χ4n) is 1.60. The zero-order valence-corrected chi connectivity index (χ0v) is 9.01. The molecule has 0 aromatic carbocycles. The molecular weight excluding hydrogens is 230 g/mol. The van der Waals surface area contributed by atoms with Gasteiger partial charge in [0.2, 0.25) is 17.7 Å². The van der Waals surface area contributed by atoms with E-state index in [-0.39, 0.29) is 18.9 Å². The topological polar surface area (TPSA) is 130 Å². The average Bonchev–Trinajstić information content (AvgIpc) is 2.61. The molecule has 1 saturated heterocycles. The number of hydrogen-bond donors (Lipinski definition) is 3. The van der Waals surface area contributed by atoms with Gasteiger partial charge < -0.3 is 21.1 Å². The van der Waals surface area contributed by atoms with Crippen molar-refractivity contribution in [1.82, 2.24) is 10.2 Å². The monoisotopic (exact) mass is 243 g/mol. The second-order valence-electron chi connectivity index (χ2n) is 3.76. The molecular formula is C9H13N3O5. The number of carboxylic acid groups (broad SMARTS) is 1. The molecule has 0 aromatic heterocycles. The van der Waals surface area contributed by atoms with Crippen LogP contribution in [-0.2, 0) is 19.2 Å². The molecule has 0 spiro atoms. The number of nitrogens with zero attached hydrogens (tertiary/aromatic N) is 1. The van der Waals surface area contributed by atoms with E-state index in [1.165, 1.54) is 0 Å². The molecule has 4 N–H and O–H groups in total. The summed E-state index contributed by atoms with van der Waals surface area (Å²) in [6.07, 6.45) is 0.00765. The maximum Gasteiger partial charge on any atom is 0.323 e. The van der Waals surface area contributed by atoms with Crippen molar-refractivity contribution >= 4 is 23.7 Å². The number of carbonyl (C=O) groups excluding carboxylic acids is 3. The third kappa shape index (κ3) is 3.74. The van der Waals surface area contributed by atoms with E-state index >= 15 is 0 Å². The number of rotatable bonds is 5. The molecule has 94 valence electrons. The van der Waals surface area contributed by atoms with Gasteiger partial charge in [-0.2, -0.15) is 0 Å². The van der Waals surface area contributed by atoms with Crippen LogP contribution in [0.4, 0.5) is 0 Å². The van der Waals surface area contributed by atoms with Gasteiger partial charge in [-0.1, -0.05) is 0 Å². The molecule has 1 atom stereocenters. The van der Waals surface area contributed by atoms with Gasteiger partial charge in [0.05, 0.1) is 12.5 Å². The number of carboxylic acids is 1. The third-order valence-electron chi connectivity index (χ3n) is 2.31. The van der Waals surface area contributed by atoms with E-state index < -0.39 is 36.8 Å². The Kier molecular flexibility index (Phi) is 4.02. The van der Waals surface area contributed by atoms with Crippen molar-refractivity contribution in [1.29, 1.82) is 0 Å². The van der Waals surface area contributed by atoms with Crippen LogP contribution < -0.4 is 11.1 Å². The van der Waals surface area contributed by atoms with Gasteiger partial charge in [-0.3, -0.25) is 19.2 Å². The van der Waals surface area contributed by atoms with Crippen LogP contribution in [0, 0.1) is 5.92 Å². The summed E-state index contributed by atoms with van der Waals surface area (Å²) < 4.78 is 0. The number of primary amides is 1. The SMILES string of the molecule is NC(=O)CN(CC(=O)O)C(=O)C1CNC(=O)C1. The van der Waals surface area contributed by atoms with Crippen molar-refractivity contribution in [3.8, 4) is 0 Å². The lowest BCUT2D eigenvalue weighted by Crippen LogP contribution is -2.44. The molecule has 1 rings (SSSR count). The van der Waals surface area contributed by atoms with Gasteiger partial charge in [0.1, 0.15) is 6.54 Å². The van der Waals surface area contributed by atoms with Crippen LogP contribution in [0.1, 0.15) is 6.42 Å². The molecule has 17 heavy (non-hydrogen) atoms. The normalized spacial score (nSPS) is 18.6. The highest BCUT2D eigenvalue weighted by Crippen LogP contribution is 2.12. The second-order valence-corrected chi connectivity index (χ2v) is 3.76.